The van der Waals surface area contributed by atoms with Crippen molar-refractivity contribution in [1.82, 2.24) is 20.2 Å². The summed E-state index contributed by atoms with van der Waals surface area (Å²) in [7, 11) is 0. The first-order chi connectivity index (χ1) is 6.77. The third kappa shape index (κ3) is 1.45. The standard InChI is InChI=1S/C8H6N4O2/c13-7-5(4-9-8(14)11-7)6-2-1-3-10-12-6/h1-4H,(H2,9,11,13,14). The first kappa shape index (κ1) is 8.36. The number of aromatic nitrogens is 4. The minimum atomic E-state index is -0.539. The molecule has 0 aliphatic carbocycles. The smallest absolute Gasteiger partial charge is 0.313 e. The van der Waals surface area contributed by atoms with Crippen LogP contribution in [-0.4, -0.2) is 20.2 Å². The lowest BCUT2D eigenvalue weighted by Gasteiger charge is -1.95. The largest absolute Gasteiger partial charge is 0.325 e. The average molecular weight is 190 g/mol. The molecule has 2 aromatic heterocycles. The molecule has 0 radical (unpaired) electrons. The number of nitrogens with zero attached hydrogens (tertiary/aromatic N) is 2. The summed E-state index contributed by atoms with van der Waals surface area (Å²) >= 11 is 0. The molecule has 0 aromatic carbocycles. The monoisotopic (exact) mass is 190 g/mol. The third-order valence-electron chi connectivity index (χ3n) is 1.67. The maximum atomic E-state index is 11.3. The Bertz CT molecular complexity index is 543. The number of nitrogens with one attached hydrogen (secondary N) is 2. The molecule has 2 heterocycles. The molecule has 0 fully saturated rings. The molecule has 0 saturated carbocycles. The van der Waals surface area contributed by atoms with Crippen molar-refractivity contribution in [3.05, 3.63) is 45.4 Å². The van der Waals surface area contributed by atoms with Gasteiger partial charge in [-0.3, -0.25) is 9.78 Å². The Morgan fingerprint density at radius 1 is 1.29 bits per heavy atom. The van der Waals surface area contributed by atoms with Crippen molar-refractivity contribution in [2.24, 2.45) is 0 Å². The van der Waals surface area contributed by atoms with Gasteiger partial charge in [-0.15, -0.1) is 0 Å². The second-order valence-electron chi connectivity index (χ2n) is 2.59. The van der Waals surface area contributed by atoms with Gasteiger partial charge in [-0.2, -0.15) is 10.2 Å². The van der Waals surface area contributed by atoms with Crippen molar-refractivity contribution in [2.75, 3.05) is 0 Å². The number of hydrogen-bond acceptors (Lipinski definition) is 4. The Morgan fingerprint density at radius 2 is 2.14 bits per heavy atom. The van der Waals surface area contributed by atoms with Gasteiger partial charge in [-0.05, 0) is 12.1 Å². The van der Waals surface area contributed by atoms with E-state index in [4.69, 9.17) is 0 Å². The van der Waals surface area contributed by atoms with Crippen molar-refractivity contribution in [1.29, 1.82) is 0 Å². The fourth-order valence-electron chi connectivity index (χ4n) is 1.05. The lowest BCUT2D eigenvalue weighted by molar-refractivity contribution is 1.00. The molecule has 2 N–H and O–H groups in total. The van der Waals surface area contributed by atoms with Gasteiger partial charge >= 0.3 is 5.69 Å². The molecule has 0 atom stereocenters. The highest BCUT2D eigenvalue weighted by molar-refractivity contribution is 5.54. The molecule has 0 aliphatic heterocycles. The number of rotatable bonds is 1. The molecule has 70 valence electrons. The molecule has 2 rings (SSSR count). The molecule has 0 amide bonds. The summed E-state index contributed by atoms with van der Waals surface area (Å²) in [5, 5.41) is 7.38. The average Bonchev–Trinajstić information content (AvgIpc) is 2.19. The second kappa shape index (κ2) is 3.25. The minimum Gasteiger partial charge on any atom is -0.313 e. The van der Waals surface area contributed by atoms with E-state index in [2.05, 4.69) is 20.2 Å². The summed E-state index contributed by atoms with van der Waals surface area (Å²) in [6.45, 7) is 0. The highest BCUT2D eigenvalue weighted by Crippen LogP contribution is 2.06. The maximum absolute atomic E-state index is 11.3. The Labute approximate surface area is 77.7 Å². The zero-order valence-electron chi connectivity index (χ0n) is 7.02. The molecule has 0 bridgehead atoms. The van der Waals surface area contributed by atoms with Gasteiger partial charge in [-0.1, -0.05) is 0 Å². The first-order valence-electron chi connectivity index (χ1n) is 3.87. The molecule has 0 spiro atoms. The molecular weight excluding hydrogens is 184 g/mol. The second-order valence-corrected chi connectivity index (χ2v) is 2.59. The van der Waals surface area contributed by atoms with Crippen LogP contribution in [0.2, 0.25) is 0 Å². The quantitative estimate of drug-likeness (QED) is 0.635. The van der Waals surface area contributed by atoms with Crippen molar-refractivity contribution in [3.63, 3.8) is 0 Å². The van der Waals surface area contributed by atoms with E-state index < -0.39 is 11.2 Å². The van der Waals surface area contributed by atoms with Crippen LogP contribution >= 0.6 is 0 Å². The SMILES string of the molecule is O=c1[nH]cc(-c2cccnn2)c(=O)[nH]1. The van der Waals surface area contributed by atoms with E-state index in [1.54, 1.807) is 12.1 Å². The van der Waals surface area contributed by atoms with Crippen LogP contribution in [0.4, 0.5) is 0 Å². The highest BCUT2D eigenvalue weighted by atomic mass is 16.2. The fraction of sp³-hybridized carbons (Fsp3) is 0. The summed E-state index contributed by atoms with van der Waals surface area (Å²) in [6.07, 6.45) is 2.81. The molecule has 0 saturated heterocycles. The predicted molar refractivity (Wildman–Crippen MR) is 48.7 cm³/mol. The molecule has 0 aliphatic rings. The van der Waals surface area contributed by atoms with E-state index in [1.165, 1.54) is 12.4 Å². The molecule has 0 unspecified atom stereocenters. The summed E-state index contributed by atoms with van der Waals surface area (Å²) in [5.74, 6) is 0. The van der Waals surface area contributed by atoms with Crippen LogP contribution in [0.3, 0.4) is 0 Å². The van der Waals surface area contributed by atoms with Crippen molar-refractivity contribution in [3.8, 4) is 11.3 Å². The highest BCUT2D eigenvalue weighted by Gasteiger charge is 2.03. The topological polar surface area (TPSA) is 91.5 Å². The number of aromatic amines is 2. The van der Waals surface area contributed by atoms with Crippen LogP contribution in [0, 0.1) is 0 Å². The van der Waals surface area contributed by atoms with Crippen molar-refractivity contribution in [2.45, 2.75) is 0 Å². The molecular formula is C8H6N4O2. The summed E-state index contributed by atoms with van der Waals surface area (Å²) in [4.78, 5) is 26.5. The van der Waals surface area contributed by atoms with Gasteiger partial charge in [0.05, 0.1) is 11.3 Å². The number of H-pyrrole nitrogens is 2. The fourth-order valence-corrected chi connectivity index (χ4v) is 1.05. The normalized spacial score (nSPS) is 10.0. The van der Waals surface area contributed by atoms with Gasteiger partial charge in [0.25, 0.3) is 5.56 Å². The van der Waals surface area contributed by atoms with E-state index in [0.717, 1.165) is 0 Å². The third-order valence-corrected chi connectivity index (χ3v) is 1.67. The lowest BCUT2D eigenvalue weighted by atomic mass is 10.2. The van der Waals surface area contributed by atoms with Crippen LogP contribution in [-0.2, 0) is 0 Å². The van der Waals surface area contributed by atoms with E-state index in [9.17, 15) is 9.59 Å². The maximum Gasteiger partial charge on any atom is 0.325 e. The Balaban J connectivity index is 2.64. The molecule has 14 heavy (non-hydrogen) atoms. The molecule has 2 aromatic rings. The van der Waals surface area contributed by atoms with E-state index in [-0.39, 0.29) is 5.56 Å². The summed E-state index contributed by atoms with van der Waals surface area (Å²) in [5.41, 5.74) is -0.306. The Hall–Kier alpha value is -2.24. The van der Waals surface area contributed by atoms with Crippen LogP contribution < -0.4 is 11.2 Å². The zero-order chi connectivity index (χ0) is 9.97. The predicted octanol–water partition coefficient (Wildman–Crippen LogP) is -0.480. The van der Waals surface area contributed by atoms with E-state index >= 15 is 0 Å². The van der Waals surface area contributed by atoms with Gasteiger partial charge in [0.15, 0.2) is 0 Å². The lowest BCUT2D eigenvalue weighted by Crippen LogP contribution is -2.22. The van der Waals surface area contributed by atoms with Gasteiger partial charge in [0, 0.05) is 12.4 Å². The summed E-state index contributed by atoms with van der Waals surface area (Å²) in [6, 6.07) is 3.29. The Kier molecular flexibility index (Phi) is 1.94. The van der Waals surface area contributed by atoms with E-state index in [1.807, 2.05) is 0 Å². The van der Waals surface area contributed by atoms with Crippen LogP contribution in [0.1, 0.15) is 0 Å². The van der Waals surface area contributed by atoms with Gasteiger partial charge in [-0.25, -0.2) is 4.79 Å². The number of hydrogen-bond donors (Lipinski definition) is 2. The summed E-state index contributed by atoms with van der Waals surface area (Å²) < 4.78 is 0. The van der Waals surface area contributed by atoms with Crippen LogP contribution in [0.5, 0.6) is 0 Å². The van der Waals surface area contributed by atoms with Crippen molar-refractivity contribution < 1.29 is 0 Å². The van der Waals surface area contributed by atoms with Crippen LogP contribution in [0.15, 0.2) is 34.1 Å². The van der Waals surface area contributed by atoms with Gasteiger partial charge in [0.1, 0.15) is 0 Å². The van der Waals surface area contributed by atoms with E-state index in [0.29, 0.717) is 5.69 Å². The minimum absolute atomic E-state index is 0.290. The van der Waals surface area contributed by atoms with Gasteiger partial charge in [0.2, 0.25) is 0 Å². The molecule has 6 heteroatoms. The van der Waals surface area contributed by atoms with Crippen molar-refractivity contribution >= 4 is 0 Å². The first-order valence-corrected chi connectivity index (χ1v) is 3.87. The zero-order valence-corrected chi connectivity index (χ0v) is 7.02. The van der Waals surface area contributed by atoms with Gasteiger partial charge < -0.3 is 4.98 Å². The van der Waals surface area contributed by atoms with Crippen LogP contribution in [0.25, 0.3) is 11.3 Å². The molecule has 6 nitrogen and oxygen atoms in total. The Morgan fingerprint density at radius 3 is 2.79 bits per heavy atom.